The minimum Gasteiger partial charge on any atom is -0.497 e. The molecule has 0 fully saturated rings. The van der Waals surface area contributed by atoms with Crippen molar-refractivity contribution in [3.63, 3.8) is 0 Å². The number of benzene rings is 1. The molecule has 1 aromatic carbocycles. The van der Waals surface area contributed by atoms with Crippen LogP contribution in [0.3, 0.4) is 0 Å². The molecule has 0 bridgehead atoms. The Labute approximate surface area is 166 Å². The van der Waals surface area contributed by atoms with E-state index in [1.165, 1.54) is 0 Å². The minimum atomic E-state index is -0.141. The van der Waals surface area contributed by atoms with Gasteiger partial charge in [-0.05, 0) is 42.9 Å². The third kappa shape index (κ3) is 5.55. The number of carbonyl (C=O) groups excluding carboxylic acids is 1. The highest BCUT2D eigenvalue weighted by molar-refractivity contribution is 5.79. The van der Waals surface area contributed by atoms with Crippen molar-refractivity contribution >= 4 is 5.91 Å². The first kappa shape index (κ1) is 20.3. The Morgan fingerprint density at radius 3 is 2.82 bits per heavy atom. The predicted molar refractivity (Wildman–Crippen MR) is 106 cm³/mol. The molecule has 0 radical (unpaired) electrons. The lowest BCUT2D eigenvalue weighted by Gasteiger charge is -2.23. The second-order valence-electron chi connectivity index (χ2n) is 7.84. The van der Waals surface area contributed by atoms with Crippen molar-refractivity contribution in [2.24, 2.45) is 11.8 Å². The highest BCUT2D eigenvalue weighted by atomic mass is 16.5. The van der Waals surface area contributed by atoms with Crippen molar-refractivity contribution in [1.82, 2.24) is 20.3 Å². The Morgan fingerprint density at radius 1 is 1.32 bits per heavy atom. The van der Waals surface area contributed by atoms with E-state index in [0.717, 1.165) is 23.4 Å². The summed E-state index contributed by atoms with van der Waals surface area (Å²) in [6.07, 6.45) is 4.00. The molecule has 7 nitrogen and oxygen atoms in total. The molecule has 0 saturated carbocycles. The molecule has 3 rings (SSSR count). The molecule has 1 aromatic heterocycles. The molecular formula is C21H30N4O3. The van der Waals surface area contributed by atoms with Gasteiger partial charge in [-0.2, -0.15) is 0 Å². The number of hydrogen-bond donors (Lipinski definition) is 1. The molecule has 7 heteroatoms. The van der Waals surface area contributed by atoms with E-state index in [4.69, 9.17) is 9.47 Å². The fraction of sp³-hybridized carbons (Fsp3) is 0.571. The van der Waals surface area contributed by atoms with E-state index < -0.39 is 0 Å². The summed E-state index contributed by atoms with van der Waals surface area (Å²) in [5, 5.41) is 11.4. The number of hydrogen-bond acceptors (Lipinski definition) is 5. The maximum Gasteiger partial charge on any atom is 0.223 e. The Bertz CT molecular complexity index is 757. The van der Waals surface area contributed by atoms with Gasteiger partial charge in [0.15, 0.2) is 0 Å². The van der Waals surface area contributed by atoms with Gasteiger partial charge < -0.3 is 14.8 Å². The molecule has 0 unspecified atom stereocenters. The van der Waals surface area contributed by atoms with Crippen LogP contribution in [0.2, 0.25) is 0 Å². The van der Waals surface area contributed by atoms with E-state index in [1.54, 1.807) is 13.3 Å². The van der Waals surface area contributed by atoms with Gasteiger partial charge in [-0.1, -0.05) is 31.2 Å². The van der Waals surface area contributed by atoms with Crippen molar-refractivity contribution in [3.8, 4) is 5.75 Å². The number of aromatic nitrogens is 3. The summed E-state index contributed by atoms with van der Waals surface area (Å²) in [5.74, 6) is 1.23. The second kappa shape index (κ2) is 9.68. The topological polar surface area (TPSA) is 78.3 Å². The molecular weight excluding hydrogens is 356 g/mol. The number of carbonyl (C=O) groups is 1. The highest BCUT2D eigenvalue weighted by Crippen LogP contribution is 2.19. The standard InChI is InChI=1S/C21H30N4O3/c1-15(2)10-18-13-28-14-19-12-22-24-25(19)9-8-17(21(26)23-18)11-16-4-6-20(27-3)7-5-16/h4-7,12,15,17-18H,8-11,13-14H2,1-3H3,(H,23,26)/t17-,18-/m0/s1. The Balaban J connectivity index is 1.78. The van der Waals surface area contributed by atoms with Crippen LogP contribution in [0.4, 0.5) is 0 Å². The van der Waals surface area contributed by atoms with Gasteiger partial charge in [0.1, 0.15) is 5.75 Å². The zero-order valence-corrected chi connectivity index (χ0v) is 16.9. The predicted octanol–water partition coefficient (Wildman–Crippen LogP) is 2.60. The lowest BCUT2D eigenvalue weighted by Crippen LogP contribution is -2.42. The van der Waals surface area contributed by atoms with Crippen LogP contribution < -0.4 is 10.1 Å². The number of nitrogens with one attached hydrogen (secondary N) is 1. The van der Waals surface area contributed by atoms with Gasteiger partial charge in [-0.25, -0.2) is 4.68 Å². The molecule has 2 heterocycles. The average Bonchev–Trinajstić information content (AvgIpc) is 3.11. The minimum absolute atomic E-state index is 0.00768. The first-order chi connectivity index (χ1) is 13.5. The van der Waals surface area contributed by atoms with Gasteiger partial charge in [0.25, 0.3) is 0 Å². The number of rotatable bonds is 5. The lowest BCUT2D eigenvalue weighted by atomic mass is 9.94. The summed E-state index contributed by atoms with van der Waals surface area (Å²) in [7, 11) is 1.65. The summed E-state index contributed by atoms with van der Waals surface area (Å²) in [6, 6.07) is 7.92. The SMILES string of the molecule is COc1ccc(C[C@@H]2CCn3nncc3COC[C@H](CC(C)C)NC2=O)cc1. The number of methoxy groups -OCH3 is 1. The molecule has 0 aliphatic carbocycles. The molecule has 0 saturated heterocycles. The third-order valence-electron chi connectivity index (χ3n) is 5.07. The quantitative estimate of drug-likeness (QED) is 0.855. The second-order valence-corrected chi connectivity index (χ2v) is 7.84. The van der Waals surface area contributed by atoms with Crippen LogP contribution in [0.15, 0.2) is 30.5 Å². The average molecular weight is 386 g/mol. The van der Waals surface area contributed by atoms with Crippen LogP contribution in [0.5, 0.6) is 5.75 Å². The van der Waals surface area contributed by atoms with Crippen molar-refractivity contribution in [2.75, 3.05) is 13.7 Å². The number of nitrogens with zero attached hydrogens (tertiary/aromatic N) is 3. The molecule has 2 atom stereocenters. The summed E-state index contributed by atoms with van der Waals surface area (Å²) in [4.78, 5) is 13.1. The number of amides is 1. The van der Waals surface area contributed by atoms with Gasteiger partial charge >= 0.3 is 0 Å². The summed E-state index contributed by atoms with van der Waals surface area (Å²) in [6.45, 7) is 5.91. The molecule has 1 aliphatic rings. The van der Waals surface area contributed by atoms with Crippen LogP contribution in [-0.2, 0) is 29.1 Å². The smallest absolute Gasteiger partial charge is 0.223 e. The normalized spacial score (nSPS) is 20.9. The number of fused-ring (bicyclic) bond motifs is 1. The van der Waals surface area contributed by atoms with Crippen molar-refractivity contribution in [2.45, 2.75) is 52.3 Å². The molecule has 1 N–H and O–H groups in total. The van der Waals surface area contributed by atoms with Crippen LogP contribution in [0, 0.1) is 11.8 Å². The fourth-order valence-corrected chi connectivity index (χ4v) is 3.59. The van der Waals surface area contributed by atoms with E-state index in [-0.39, 0.29) is 17.9 Å². The van der Waals surface area contributed by atoms with E-state index in [0.29, 0.717) is 38.5 Å². The van der Waals surface area contributed by atoms with Crippen LogP contribution in [-0.4, -0.2) is 40.7 Å². The summed E-state index contributed by atoms with van der Waals surface area (Å²) < 4.78 is 12.9. The largest absolute Gasteiger partial charge is 0.497 e. The maximum absolute atomic E-state index is 13.1. The first-order valence-electron chi connectivity index (χ1n) is 9.93. The molecule has 2 aromatic rings. The molecule has 1 amide bonds. The Hall–Kier alpha value is -2.41. The van der Waals surface area contributed by atoms with Gasteiger partial charge in [0, 0.05) is 12.5 Å². The van der Waals surface area contributed by atoms with Crippen LogP contribution in [0.25, 0.3) is 0 Å². The number of aryl methyl sites for hydroxylation is 1. The molecule has 152 valence electrons. The monoisotopic (exact) mass is 386 g/mol. The van der Waals surface area contributed by atoms with Gasteiger partial charge in [-0.3, -0.25) is 4.79 Å². The van der Waals surface area contributed by atoms with Crippen molar-refractivity contribution in [1.29, 1.82) is 0 Å². The summed E-state index contributed by atoms with van der Waals surface area (Å²) in [5.41, 5.74) is 2.06. The summed E-state index contributed by atoms with van der Waals surface area (Å²) >= 11 is 0. The Kier molecular flexibility index (Phi) is 7.03. The van der Waals surface area contributed by atoms with E-state index in [1.807, 2.05) is 28.9 Å². The zero-order chi connectivity index (χ0) is 19.9. The first-order valence-corrected chi connectivity index (χ1v) is 9.93. The van der Waals surface area contributed by atoms with Gasteiger partial charge in [0.05, 0.1) is 38.3 Å². The van der Waals surface area contributed by atoms with Gasteiger partial charge in [0.2, 0.25) is 5.91 Å². The van der Waals surface area contributed by atoms with E-state index >= 15 is 0 Å². The van der Waals surface area contributed by atoms with Crippen LogP contribution in [0.1, 0.15) is 37.9 Å². The zero-order valence-electron chi connectivity index (χ0n) is 16.9. The fourth-order valence-electron chi connectivity index (χ4n) is 3.59. The molecule has 0 spiro atoms. The molecule has 28 heavy (non-hydrogen) atoms. The van der Waals surface area contributed by atoms with Crippen molar-refractivity contribution < 1.29 is 14.3 Å². The van der Waals surface area contributed by atoms with E-state index in [2.05, 4.69) is 29.5 Å². The van der Waals surface area contributed by atoms with E-state index in [9.17, 15) is 4.79 Å². The third-order valence-corrected chi connectivity index (χ3v) is 5.07. The molecule has 1 aliphatic heterocycles. The lowest BCUT2D eigenvalue weighted by molar-refractivity contribution is -0.126. The highest BCUT2D eigenvalue weighted by Gasteiger charge is 2.24. The van der Waals surface area contributed by atoms with Gasteiger partial charge in [-0.15, -0.1) is 5.10 Å². The maximum atomic E-state index is 13.1. The Morgan fingerprint density at radius 2 is 2.11 bits per heavy atom. The van der Waals surface area contributed by atoms with Crippen LogP contribution >= 0.6 is 0 Å². The number of ether oxygens (including phenoxy) is 2. The van der Waals surface area contributed by atoms with Crippen molar-refractivity contribution in [3.05, 3.63) is 41.7 Å².